The quantitative estimate of drug-likeness (QED) is 0.336. The van der Waals surface area contributed by atoms with Crippen LogP contribution >= 0.6 is 0 Å². The fourth-order valence-corrected chi connectivity index (χ4v) is 3.75. The third-order valence-electron chi connectivity index (χ3n) is 2.87. The first kappa shape index (κ1) is 15.8. The number of non-ortho nitro benzene ring substituents is 2. The van der Waals surface area contributed by atoms with Crippen LogP contribution in [0.5, 0.6) is 0 Å². The first-order valence-electron chi connectivity index (χ1n) is 6.11. The summed E-state index contributed by atoms with van der Waals surface area (Å²) in [4.78, 5) is 31.3. The SMILES string of the molecule is O=Cc1cc([N+](=O)[O-])ccc1[Se]Cc1ccc([N+](=O)[O-])cc1. The van der Waals surface area contributed by atoms with E-state index >= 15 is 0 Å². The molecular formula is C14H10N2O5Se. The molecule has 2 rings (SSSR count). The summed E-state index contributed by atoms with van der Waals surface area (Å²) in [5.41, 5.74) is 1.15. The number of hydrogen-bond acceptors (Lipinski definition) is 5. The van der Waals surface area contributed by atoms with Gasteiger partial charge in [0.25, 0.3) is 0 Å². The Morgan fingerprint density at radius 3 is 2.09 bits per heavy atom. The second kappa shape index (κ2) is 6.93. The number of hydrogen-bond donors (Lipinski definition) is 0. The van der Waals surface area contributed by atoms with Crippen molar-refractivity contribution in [2.45, 2.75) is 5.32 Å². The van der Waals surface area contributed by atoms with E-state index in [0.717, 1.165) is 10.0 Å². The van der Waals surface area contributed by atoms with Crippen LogP contribution in [0, 0.1) is 20.2 Å². The van der Waals surface area contributed by atoms with E-state index in [0.29, 0.717) is 17.2 Å². The molecule has 0 aliphatic heterocycles. The van der Waals surface area contributed by atoms with Gasteiger partial charge in [-0.25, -0.2) is 0 Å². The van der Waals surface area contributed by atoms with E-state index in [-0.39, 0.29) is 26.3 Å². The first-order valence-corrected chi connectivity index (χ1v) is 8.18. The van der Waals surface area contributed by atoms with Crippen molar-refractivity contribution in [3.05, 3.63) is 73.8 Å². The minimum atomic E-state index is -0.542. The maximum atomic E-state index is 11.0. The Bertz CT molecular complexity index is 731. The molecule has 0 saturated carbocycles. The van der Waals surface area contributed by atoms with Crippen LogP contribution in [0.25, 0.3) is 0 Å². The average Bonchev–Trinajstić information content (AvgIpc) is 2.52. The van der Waals surface area contributed by atoms with Crippen LogP contribution in [0.4, 0.5) is 11.4 Å². The van der Waals surface area contributed by atoms with Crippen LogP contribution in [0.1, 0.15) is 15.9 Å². The van der Waals surface area contributed by atoms with Crippen molar-refractivity contribution >= 4 is 37.1 Å². The zero-order valence-electron chi connectivity index (χ0n) is 11.2. The summed E-state index contributed by atoms with van der Waals surface area (Å²) >= 11 is -0.0957. The van der Waals surface area contributed by atoms with Gasteiger partial charge in [-0.05, 0) is 0 Å². The summed E-state index contributed by atoms with van der Waals surface area (Å²) in [6.45, 7) is 0. The van der Waals surface area contributed by atoms with Gasteiger partial charge in [0.15, 0.2) is 0 Å². The van der Waals surface area contributed by atoms with E-state index < -0.39 is 9.85 Å². The Kier molecular flexibility index (Phi) is 4.98. The fourth-order valence-electron chi connectivity index (χ4n) is 1.75. The van der Waals surface area contributed by atoms with Crippen LogP contribution in [0.15, 0.2) is 42.5 Å². The number of nitro groups is 2. The van der Waals surface area contributed by atoms with Crippen molar-refractivity contribution in [2.24, 2.45) is 0 Å². The second-order valence-corrected chi connectivity index (χ2v) is 6.44. The molecule has 2 aromatic carbocycles. The number of nitro benzene ring substituents is 2. The molecule has 7 nitrogen and oxygen atoms in total. The molecule has 0 spiro atoms. The van der Waals surface area contributed by atoms with Gasteiger partial charge < -0.3 is 0 Å². The molecule has 0 bridgehead atoms. The standard InChI is InChI=1S/C14H10N2O5Se/c17-8-11-7-13(16(20)21)5-6-14(11)22-9-10-1-3-12(4-2-10)15(18)19/h1-8H,9H2. The molecule has 8 heteroatoms. The molecule has 0 aromatic heterocycles. The molecule has 0 N–H and O–H groups in total. The van der Waals surface area contributed by atoms with Crippen molar-refractivity contribution < 1.29 is 14.6 Å². The van der Waals surface area contributed by atoms with Crippen molar-refractivity contribution in [2.75, 3.05) is 0 Å². The van der Waals surface area contributed by atoms with Gasteiger partial charge in [-0.15, -0.1) is 0 Å². The second-order valence-electron chi connectivity index (χ2n) is 4.31. The van der Waals surface area contributed by atoms with Gasteiger partial charge in [0.1, 0.15) is 0 Å². The summed E-state index contributed by atoms with van der Waals surface area (Å²) in [6.07, 6.45) is 0.611. The number of nitrogens with zero attached hydrogens (tertiary/aromatic N) is 2. The average molecular weight is 365 g/mol. The molecule has 0 unspecified atom stereocenters. The van der Waals surface area contributed by atoms with Crippen molar-refractivity contribution in [1.29, 1.82) is 0 Å². The number of carbonyl (C=O) groups excluding carboxylic acids is 1. The van der Waals surface area contributed by atoms with Crippen LogP contribution in [0.2, 0.25) is 0 Å². The van der Waals surface area contributed by atoms with Crippen LogP contribution in [-0.2, 0) is 5.32 Å². The first-order chi connectivity index (χ1) is 10.5. The van der Waals surface area contributed by atoms with Gasteiger partial charge in [-0.3, -0.25) is 0 Å². The van der Waals surface area contributed by atoms with Crippen molar-refractivity contribution in [1.82, 2.24) is 0 Å². The molecule has 0 atom stereocenters. The molecule has 0 aliphatic carbocycles. The number of rotatable bonds is 6. The maximum absolute atomic E-state index is 11.0. The van der Waals surface area contributed by atoms with Gasteiger partial charge in [-0.1, -0.05) is 0 Å². The monoisotopic (exact) mass is 366 g/mol. The molecule has 2 aromatic rings. The Morgan fingerprint density at radius 2 is 1.55 bits per heavy atom. The van der Waals surface area contributed by atoms with Gasteiger partial charge in [0.2, 0.25) is 0 Å². The molecule has 0 heterocycles. The Morgan fingerprint density at radius 1 is 0.955 bits per heavy atom. The predicted molar refractivity (Wildman–Crippen MR) is 80.7 cm³/mol. The Labute approximate surface area is 131 Å². The van der Waals surface area contributed by atoms with Crippen LogP contribution in [-0.4, -0.2) is 31.1 Å². The zero-order valence-corrected chi connectivity index (χ0v) is 12.9. The van der Waals surface area contributed by atoms with Crippen molar-refractivity contribution in [3.63, 3.8) is 0 Å². The number of benzene rings is 2. The van der Waals surface area contributed by atoms with Crippen LogP contribution < -0.4 is 4.46 Å². The van der Waals surface area contributed by atoms with E-state index in [1.165, 1.54) is 24.3 Å². The molecule has 0 amide bonds. The minimum absolute atomic E-state index is 0.0279. The van der Waals surface area contributed by atoms with Gasteiger partial charge in [0, 0.05) is 0 Å². The van der Waals surface area contributed by atoms with E-state index in [1.54, 1.807) is 18.2 Å². The van der Waals surface area contributed by atoms with Gasteiger partial charge in [0.05, 0.1) is 0 Å². The molecular weight excluding hydrogens is 355 g/mol. The number of carbonyl (C=O) groups is 1. The third-order valence-corrected chi connectivity index (χ3v) is 5.31. The molecule has 0 saturated heterocycles. The topological polar surface area (TPSA) is 103 Å². The van der Waals surface area contributed by atoms with Crippen LogP contribution in [0.3, 0.4) is 0 Å². The summed E-state index contributed by atoms with van der Waals surface area (Å²) < 4.78 is 0.770. The fraction of sp³-hybridized carbons (Fsp3) is 0.0714. The van der Waals surface area contributed by atoms with Gasteiger partial charge in [-0.2, -0.15) is 0 Å². The predicted octanol–water partition coefficient (Wildman–Crippen LogP) is 1.85. The summed E-state index contributed by atoms with van der Waals surface area (Å²) in [7, 11) is 0. The molecule has 0 aliphatic rings. The van der Waals surface area contributed by atoms with E-state index in [2.05, 4.69) is 0 Å². The normalized spacial score (nSPS) is 10.2. The third kappa shape index (κ3) is 3.75. The zero-order chi connectivity index (χ0) is 16.1. The van der Waals surface area contributed by atoms with Gasteiger partial charge >= 0.3 is 131 Å². The Hall–Kier alpha value is -2.57. The molecule has 0 fully saturated rings. The molecule has 0 radical (unpaired) electrons. The molecule has 112 valence electrons. The van der Waals surface area contributed by atoms with Crippen molar-refractivity contribution in [3.8, 4) is 0 Å². The van der Waals surface area contributed by atoms with E-state index in [1.807, 2.05) is 0 Å². The molecule has 22 heavy (non-hydrogen) atoms. The van der Waals surface area contributed by atoms with E-state index in [9.17, 15) is 25.0 Å². The number of aldehydes is 1. The Balaban J connectivity index is 2.12. The summed E-state index contributed by atoms with van der Waals surface area (Å²) in [5, 5.41) is 21.9. The summed E-state index contributed by atoms with van der Waals surface area (Å²) in [5.74, 6) is 0. The van der Waals surface area contributed by atoms with E-state index in [4.69, 9.17) is 0 Å². The summed E-state index contributed by atoms with van der Waals surface area (Å²) in [6, 6.07) is 10.4.